The van der Waals surface area contributed by atoms with Gasteiger partial charge in [-0.25, -0.2) is 0 Å². The Bertz CT molecular complexity index is 611. The van der Waals surface area contributed by atoms with E-state index in [1.165, 1.54) is 11.8 Å². The first-order valence-electron chi connectivity index (χ1n) is 6.47. The van der Waals surface area contributed by atoms with Gasteiger partial charge >= 0.3 is 0 Å². The second kappa shape index (κ2) is 6.49. The molecule has 1 fully saturated rings. The van der Waals surface area contributed by atoms with Crippen LogP contribution in [-0.2, 0) is 4.79 Å². The van der Waals surface area contributed by atoms with E-state index in [-0.39, 0.29) is 11.9 Å². The molecule has 1 amide bonds. The van der Waals surface area contributed by atoms with Crippen LogP contribution in [0.5, 0.6) is 11.5 Å². The molecule has 0 saturated carbocycles. The summed E-state index contributed by atoms with van der Waals surface area (Å²) in [6.45, 7) is 3.89. The van der Waals surface area contributed by atoms with Gasteiger partial charge in [-0.05, 0) is 32.1 Å². The highest BCUT2D eigenvalue weighted by Gasteiger charge is 2.33. The topological polar surface area (TPSA) is 38.8 Å². The summed E-state index contributed by atoms with van der Waals surface area (Å²) in [5.41, 5.74) is 0.822. The summed E-state index contributed by atoms with van der Waals surface area (Å²) in [6, 6.07) is 5.53. The van der Waals surface area contributed by atoms with Crippen LogP contribution in [0.25, 0.3) is 6.08 Å². The molecule has 1 heterocycles. The van der Waals surface area contributed by atoms with Crippen LogP contribution in [0.1, 0.15) is 19.4 Å². The van der Waals surface area contributed by atoms with Crippen LogP contribution in [0.15, 0.2) is 23.1 Å². The third-order valence-electron chi connectivity index (χ3n) is 3.07. The Morgan fingerprint density at radius 1 is 1.29 bits per heavy atom. The van der Waals surface area contributed by atoms with Gasteiger partial charge in [0.25, 0.3) is 5.91 Å². The molecule has 1 aliphatic heterocycles. The van der Waals surface area contributed by atoms with Gasteiger partial charge in [-0.15, -0.1) is 0 Å². The SMILES string of the molecule is COc1ccc(/C=C2\SC(=S)N(C(C)C)C2=O)c(OC)c1. The molecule has 0 spiro atoms. The number of rotatable bonds is 4. The van der Waals surface area contributed by atoms with E-state index in [9.17, 15) is 4.79 Å². The van der Waals surface area contributed by atoms with Crippen molar-refractivity contribution in [3.8, 4) is 11.5 Å². The van der Waals surface area contributed by atoms with Crippen LogP contribution < -0.4 is 9.47 Å². The van der Waals surface area contributed by atoms with Crippen LogP contribution in [-0.4, -0.2) is 35.4 Å². The number of thioether (sulfide) groups is 1. The summed E-state index contributed by atoms with van der Waals surface area (Å²) in [4.78, 5) is 14.6. The first-order chi connectivity index (χ1) is 9.97. The molecular formula is C15H17NO3S2. The highest BCUT2D eigenvalue weighted by atomic mass is 32.2. The zero-order valence-electron chi connectivity index (χ0n) is 12.4. The van der Waals surface area contributed by atoms with Crippen molar-refractivity contribution in [2.45, 2.75) is 19.9 Å². The van der Waals surface area contributed by atoms with Crippen molar-refractivity contribution in [1.29, 1.82) is 0 Å². The molecule has 2 rings (SSSR count). The lowest BCUT2D eigenvalue weighted by Crippen LogP contribution is -2.34. The fourth-order valence-corrected chi connectivity index (χ4v) is 3.52. The van der Waals surface area contributed by atoms with Gasteiger partial charge in [-0.3, -0.25) is 9.69 Å². The van der Waals surface area contributed by atoms with E-state index in [2.05, 4.69) is 0 Å². The number of nitrogens with zero attached hydrogens (tertiary/aromatic N) is 1. The molecule has 1 saturated heterocycles. The first-order valence-corrected chi connectivity index (χ1v) is 7.69. The number of carbonyl (C=O) groups is 1. The zero-order valence-corrected chi connectivity index (χ0v) is 14.0. The fourth-order valence-electron chi connectivity index (χ4n) is 2.00. The van der Waals surface area contributed by atoms with Crippen molar-refractivity contribution in [3.63, 3.8) is 0 Å². The van der Waals surface area contributed by atoms with Gasteiger partial charge < -0.3 is 9.47 Å². The van der Waals surface area contributed by atoms with E-state index >= 15 is 0 Å². The van der Waals surface area contributed by atoms with Crippen LogP contribution in [0.3, 0.4) is 0 Å². The number of hydrogen-bond acceptors (Lipinski definition) is 5. The molecule has 1 aliphatic rings. The zero-order chi connectivity index (χ0) is 15.6. The molecule has 0 N–H and O–H groups in total. The summed E-state index contributed by atoms with van der Waals surface area (Å²) in [5.74, 6) is 1.31. The molecule has 1 aromatic rings. The van der Waals surface area contributed by atoms with Crippen LogP contribution in [0, 0.1) is 0 Å². The molecule has 112 valence electrons. The van der Waals surface area contributed by atoms with E-state index in [0.717, 1.165) is 5.56 Å². The lowest BCUT2D eigenvalue weighted by atomic mass is 10.1. The van der Waals surface area contributed by atoms with Crippen molar-refractivity contribution < 1.29 is 14.3 Å². The monoisotopic (exact) mass is 323 g/mol. The van der Waals surface area contributed by atoms with E-state index in [0.29, 0.717) is 20.7 Å². The average molecular weight is 323 g/mol. The average Bonchev–Trinajstić information content (AvgIpc) is 2.73. The lowest BCUT2D eigenvalue weighted by Gasteiger charge is -2.18. The lowest BCUT2D eigenvalue weighted by molar-refractivity contribution is -0.123. The third kappa shape index (κ3) is 3.22. The Hall–Kier alpha value is -1.53. The van der Waals surface area contributed by atoms with E-state index in [1.807, 2.05) is 26.0 Å². The van der Waals surface area contributed by atoms with E-state index in [1.54, 1.807) is 31.3 Å². The Labute approximate surface area is 134 Å². The first kappa shape index (κ1) is 15.9. The van der Waals surface area contributed by atoms with Gasteiger partial charge in [0.15, 0.2) is 0 Å². The number of thiocarbonyl (C=S) groups is 1. The number of methoxy groups -OCH3 is 2. The van der Waals surface area contributed by atoms with Crippen molar-refractivity contribution in [2.75, 3.05) is 14.2 Å². The Kier molecular flexibility index (Phi) is 4.90. The minimum absolute atomic E-state index is 0.0566. The maximum absolute atomic E-state index is 12.4. The normalized spacial score (nSPS) is 17.0. The number of hydrogen-bond donors (Lipinski definition) is 0. The number of ether oxygens (including phenoxy) is 2. The second-order valence-corrected chi connectivity index (χ2v) is 6.43. The molecule has 21 heavy (non-hydrogen) atoms. The van der Waals surface area contributed by atoms with Crippen molar-refractivity contribution in [1.82, 2.24) is 4.90 Å². The molecule has 4 nitrogen and oxygen atoms in total. The molecule has 0 bridgehead atoms. The maximum atomic E-state index is 12.4. The number of benzene rings is 1. The van der Waals surface area contributed by atoms with Gasteiger partial charge in [0, 0.05) is 17.7 Å². The molecule has 0 aromatic heterocycles. The largest absolute Gasteiger partial charge is 0.497 e. The summed E-state index contributed by atoms with van der Waals surface area (Å²) in [5, 5.41) is 0. The van der Waals surface area contributed by atoms with Gasteiger partial charge in [-0.1, -0.05) is 24.0 Å². The Morgan fingerprint density at radius 3 is 2.52 bits per heavy atom. The number of carbonyl (C=O) groups excluding carboxylic acids is 1. The van der Waals surface area contributed by atoms with Gasteiger partial charge in [-0.2, -0.15) is 0 Å². The summed E-state index contributed by atoms with van der Waals surface area (Å²) in [6.07, 6.45) is 1.81. The second-order valence-electron chi connectivity index (χ2n) is 4.75. The molecule has 0 radical (unpaired) electrons. The van der Waals surface area contributed by atoms with Crippen molar-refractivity contribution in [2.24, 2.45) is 0 Å². The minimum Gasteiger partial charge on any atom is -0.497 e. The van der Waals surface area contributed by atoms with E-state index < -0.39 is 0 Å². The highest BCUT2D eigenvalue weighted by molar-refractivity contribution is 8.26. The van der Waals surface area contributed by atoms with Crippen molar-refractivity contribution in [3.05, 3.63) is 28.7 Å². The molecule has 0 aliphatic carbocycles. The standard InChI is InChI=1S/C15H17NO3S2/c1-9(2)16-14(17)13(21-15(16)20)7-10-5-6-11(18-3)8-12(10)19-4/h5-9H,1-4H3/b13-7-. The predicted octanol–water partition coefficient (Wildman–Crippen LogP) is 3.31. The maximum Gasteiger partial charge on any atom is 0.266 e. The summed E-state index contributed by atoms with van der Waals surface area (Å²) >= 11 is 6.58. The predicted molar refractivity (Wildman–Crippen MR) is 89.7 cm³/mol. The third-order valence-corrected chi connectivity index (χ3v) is 4.40. The minimum atomic E-state index is -0.0575. The fraction of sp³-hybridized carbons (Fsp3) is 0.333. The van der Waals surface area contributed by atoms with E-state index in [4.69, 9.17) is 21.7 Å². The molecule has 0 atom stereocenters. The Balaban J connectivity index is 2.37. The quantitative estimate of drug-likeness (QED) is 0.628. The highest BCUT2D eigenvalue weighted by Crippen LogP contribution is 2.36. The van der Waals surface area contributed by atoms with Crippen LogP contribution in [0.2, 0.25) is 0 Å². The van der Waals surface area contributed by atoms with Gasteiger partial charge in [0.1, 0.15) is 15.8 Å². The molecule has 0 unspecified atom stereocenters. The van der Waals surface area contributed by atoms with Crippen molar-refractivity contribution >= 4 is 40.3 Å². The van der Waals surface area contributed by atoms with Crippen LogP contribution >= 0.6 is 24.0 Å². The Morgan fingerprint density at radius 2 is 2.00 bits per heavy atom. The molecule has 1 aromatic carbocycles. The smallest absolute Gasteiger partial charge is 0.266 e. The summed E-state index contributed by atoms with van der Waals surface area (Å²) < 4.78 is 11.1. The number of amides is 1. The van der Waals surface area contributed by atoms with Gasteiger partial charge in [0.05, 0.1) is 19.1 Å². The summed E-state index contributed by atoms with van der Waals surface area (Å²) in [7, 11) is 3.19. The van der Waals surface area contributed by atoms with Crippen LogP contribution in [0.4, 0.5) is 0 Å². The molecule has 6 heteroatoms. The molecular weight excluding hydrogens is 306 g/mol. The van der Waals surface area contributed by atoms with Gasteiger partial charge in [0.2, 0.25) is 0 Å².